The smallest absolute Gasteiger partial charge is 0.263 e. The van der Waals surface area contributed by atoms with Gasteiger partial charge in [0.1, 0.15) is 11.6 Å². The Kier molecular flexibility index (Phi) is 4.24. The number of hydrogen-bond donors (Lipinski definition) is 1. The van der Waals surface area contributed by atoms with Gasteiger partial charge in [-0.25, -0.2) is 4.39 Å². The van der Waals surface area contributed by atoms with E-state index in [1.54, 1.807) is 6.92 Å². The Hall–Kier alpha value is -1.78. The van der Waals surface area contributed by atoms with E-state index in [0.717, 1.165) is 25.9 Å². The van der Waals surface area contributed by atoms with Crippen LogP contribution in [0.25, 0.3) is 0 Å². The van der Waals surface area contributed by atoms with Crippen LogP contribution in [-0.2, 0) is 4.79 Å². The van der Waals surface area contributed by atoms with Crippen LogP contribution in [0.1, 0.15) is 26.2 Å². The minimum Gasteiger partial charge on any atom is -0.479 e. The second kappa shape index (κ2) is 5.91. The van der Waals surface area contributed by atoms with E-state index in [9.17, 15) is 9.18 Å². The molecule has 0 aromatic heterocycles. The molecule has 1 aromatic rings. The Morgan fingerprint density at radius 2 is 2.05 bits per heavy atom. The summed E-state index contributed by atoms with van der Waals surface area (Å²) in [6.07, 6.45) is 2.64. The van der Waals surface area contributed by atoms with Gasteiger partial charge in [0.2, 0.25) is 0 Å². The van der Waals surface area contributed by atoms with E-state index in [1.807, 2.05) is 4.90 Å². The highest BCUT2D eigenvalue weighted by atomic mass is 19.1. The summed E-state index contributed by atoms with van der Waals surface area (Å²) in [6, 6.07) is 3.90. The molecule has 2 N–H and O–H groups in total. The molecule has 1 heterocycles. The molecule has 1 atom stereocenters. The number of carbonyl (C=O) groups excluding carboxylic acids is 1. The van der Waals surface area contributed by atoms with Gasteiger partial charge in [-0.1, -0.05) is 0 Å². The van der Waals surface area contributed by atoms with Gasteiger partial charge >= 0.3 is 0 Å². The molecule has 0 aliphatic carbocycles. The first kappa shape index (κ1) is 13.6. The number of nitrogen functional groups attached to an aromatic ring is 1. The molecule has 5 heteroatoms. The van der Waals surface area contributed by atoms with Gasteiger partial charge in [-0.3, -0.25) is 4.79 Å². The summed E-state index contributed by atoms with van der Waals surface area (Å²) in [5.41, 5.74) is 5.87. The molecule has 1 aromatic carbocycles. The van der Waals surface area contributed by atoms with Crippen molar-refractivity contribution in [3.05, 3.63) is 24.0 Å². The summed E-state index contributed by atoms with van der Waals surface area (Å²) >= 11 is 0. The number of piperidine rings is 1. The summed E-state index contributed by atoms with van der Waals surface area (Å²) in [5.74, 6) is -0.109. The first-order valence-corrected chi connectivity index (χ1v) is 6.58. The summed E-state index contributed by atoms with van der Waals surface area (Å²) in [7, 11) is 0. The summed E-state index contributed by atoms with van der Waals surface area (Å²) in [4.78, 5) is 14.0. The maximum atomic E-state index is 12.9. The zero-order valence-corrected chi connectivity index (χ0v) is 11.1. The largest absolute Gasteiger partial charge is 0.479 e. The topological polar surface area (TPSA) is 55.6 Å². The third kappa shape index (κ3) is 3.36. The fraction of sp³-hybridized carbons (Fsp3) is 0.500. The summed E-state index contributed by atoms with van der Waals surface area (Å²) < 4.78 is 18.5. The monoisotopic (exact) mass is 266 g/mol. The lowest BCUT2D eigenvalue weighted by atomic mass is 10.1. The highest BCUT2D eigenvalue weighted by molar-refractivity contribution is 5.81. The average Bonchev–Trinajstić information content (AvgIpc) is 2.42. The molecule has 1 unspecified atom stereocenters. The predicted molar refractivity (Wildman–Crippen MR) is 71.3 cm³/mol. The minimum atomic E-state index is -0.606. The van der Waals surface area contributed by atoms with Crippen molar-refractivity contribution in [2.45, 2.75) is 32.3 Å². The Morgan fingerprint density at radius 3 is 2.68 bits per heavy atom. The van der Waals surface area contributed by atoms with Crippen molar-refractivity contribution >= 4 is 11.6 Å². The van der Waals surface area contributed by atoms with Crippen molar-refractivity contribution in [3.63, 3.8) is 0 Å². The third-order valence-electron chi connectivity index (χ3n) is 3.29. The zero-order valence-electron chi connectivity index (χ0n) is 11.1. The molecule has 19 heavy (non-hydrogen) atoms. The van der Waals surface area contributed by atoms with Crippen LogP contribution >= 0.6 is 0 Å². The Labute approximate surface area is 112 Å². The van der Waals surface area contributed by atoms with Gasteiger partial charge in [-0.2, -0.15) is 0 Å². The number of halogens is 1. The fourth-order valence-electron chi connectivity index (χ4n) is 2.24. The number of anilines is 1. The summed E-state index contributed by atoms with van der Waals surface area (Å²) in [6.45, 7) is 3.26. The van der Waals surface area contributed by atoms with Crippen LogP contribution in [0.3, 0.4) is 0 Å². The Morgan fingerprint density at radius 1 is 1.37 bits per heavy atom. The molecule has 1 aliphatic rings. The molecular formula is C14H19FN2O2. The zero-order chi connectivity index (χ0) is 13.8. The summed E-state index contributed by atoms with van der Waals surface area (Å²) in [5, 5.41) is 0. The van der Waals surface area contributed by atoms with E-state index in [2.05, 4.69) is 0 Å². The van der Waals surface area contributed by atoms with Gasteiger partial charge in [-0.05, 0) is 38.3 Å². The van der Waals surface area contributed by atoms with Gasteiger partial charge < -0.3 is 15.4 Å². The van der Waals surface area contributed by atoms with E-state index >= 15 is 0 Å². The first-order chi connectivity index (χ1) is 9.08. The molecule has 1 saturated heterocycles. The molecule has 0 bridgehead atoms. The number of nitrogens with zero attached hydrogens (tertiary/aromatic N) is 1. The van der Waals surface area contributed by atoms with Crippen molar-refractivity contribution in [2.24, 2.45) is 0 Å². The molecule has 104 valence electrons. The van der Waals surface area contributed by atoms with E-state index in [4.69, 9.17) is 10.5 Å². The second-order valence-corrected chi connectivity index (χ2v) is 4.83. The van der Waals surface area contributed by atoms with Crippen LogP contribution in [0.15, 0.2) is 18.2 Å². The van der Waals surface area contributed by atoms with Crippen LogP contribution < -0.4 is 10.5 Å². The Balaban J connectivity index is 1.99. The van der Waals surface area contributed by atoms with Gasteiger partial charge in [-0.15, -0.1) is 0 Å². The lowest BCUT2D eigenvalue weighted by Crippen LogP contribution is -2.43. The number of likely N-dealkylation sites (tertiary alicyclic amines) is 1. The molecule has 0 radical (unpaired) electrons. The highest BCUT2D eigenvalue weighted by Gasteiger charge is 2.23. The molecule has 1 aliphatic heterocycles. The lowest BCUT2D eigenvalue weighted by Gasteiger charge is -2.29. The Bertz CT molecular complexity index is 459. The van der Waals surface area contributed by atoms with Crippen LogP contribution in [0.4, 0.5) is 10.1 Å². The van der Waals surface area contributed by atoms with Gasteiger partial charge in [0, 0.05) is 19.2 Å². The van der Waals surface area contributed by atoms with Gasteiger partial charge in [0.15, 0.2) is 6.10 Å². The molecule has 4 nitrogen and oxygen atoms in total. The minimum absolute atomic E-state index is 0.0385. The van der Waals surface area contributed by atoms with E-state index in [0.29, 0.717) is 5.75 Å². The third-order valence-corrected chi connectivity index (χ3v) is 3.29. The van der Waals surface area contributed by atoms with Crippen molar-refractivity contribution in [2.75, 3.05) is 18.8 Å². The molecule has 1 fully saturated rings. The SMILES string of the molecule is CC(Oc1ccc(F)cc1N)C(=O)N1CCCCC1. The molecular weight excluding hydrogens is 247 g/mol. The number of carbonyl (C=O) groups is 1. The van der Waals surface area contributed by atoms with Crippen molar-refractivity contribution in [3.8, 4) is 5.75 Å². The van der Waals surface area contributed by atoms with Crippen LogP contribution in [-0.4, -0.2) is 30.0 Å². The number of hydrogen-bond acceptors (Lipinski definition) is 3. The van der Waals surface area contributed by atoms with E-state index in [-0.39, 0.29) is 11.6 Å². The fourth-order valence-corrected chi connectivity index (χ4v) is 2.24. The van der Waals surface area contributed by atoms with Gasteiger partial charge in [0.25, 0.3) is 5.91 Å². The number of rotatable bonds is 3. The van der Waals surface area contributed by atoms with Crippen molar-refractivity contribution in [1.29, 1.82) is 0 Å². The normalized spacial score (nSPS) is 17.1. The molecule has 2 rings (SSSR count). The van der Waals surface area contributed by atoms with E-state index in [1.165, 1.54) is 24.6 Å². The van der Waals surface area contributed by atoms with Crippen LogP contribution in [0, 0.1) is 5.82 Å². The highest BCUT2D eigenvalue weighted by Crippen LogP contribution is 2.23. The standard InChI is InChI=1S/C14H19FN2O2/c1-10(14(18)17-7-3-2-4-8-17)19-13-6-5-11(15)9-12(13)16/h5-6,9-10H,2-4,7-8,16H2,1H3. The maximum Gasteiger partial charge on any atom is 0.263 e. The predicted octanol–water partition coefficient (Wildman–Crippen LogP) is 2.19. The van der Waals surface area contributed by atoms with Crippen LogP contribution in [0.2, 0.25) is 0 Å². The lowest BCUT2D eigenvalue weighted by molar-refractivity contribution is -0.138. The maximum absolute atomic E-state index is 12.9. The number of nitrogens with two attached hydrogens (primary N) is 1. The molecule has 0 spiro atoms. The number of benzene rings is 1. The molecule has 0 saturated carbocycles. The van der Waals surface area contributed by atoms with Gasteiger partial charge in [0.05, 0.1) is 5.69 Å². The first-order valence-electron chi connectivity index (χ1n) is 6.58. The van der Waals surface area contributed by atoms with Crippen molar-refractivity contribution < 1.29 is 13.9 Å². The average molecular weight is 266 g/mol. The number of ether oxygens (including phenoxy) is 1. The number of amides is 1. The second-order valence-electron chi connectivity index (χ2n) is 4.83. The van der Waals surface area contributed by atoms with Crippen LogP contribution in [0.5, 0.6) is 5.75 Å². The van der Waals surface area contributed by atoms with Crippen molar-refractivity contribution in [1.82, 2.24) is 4.90 Å². The molecule has 1 amide bonds. The quantitative estimate of drug-likeness (QED) is 0.853. The van der Waals surface area contributed by atoms with E-state index < -0.39 is 11.9 Å².